The molecule has 0 heterocycles. The summed E-state index contributed by atoms with van der Waals surface area (Å²) >= 11 is 0. The van der Waals surface area contributed by atoms with Crippen LogP contribution in [0.5, 0.6) is 11.5 Å². The molecule has 2 N–H and O–H groups in total. The van der Waals surface area contributed by atoms with Crippen LogP contribution in [0.4, 0.5) is 0 Å². The van der Waals surface area contributed by atoms with Crippen LogP contribution >= 0.6 is 0 Å². The van der Waals surface area contributed by atoms with Gasteiger partial charge >= 0.3 is 0 Å². The molecule has 0 bridgehead atoms. The van der Waals surface area contributed by atoms with Crippen LogP contribution in [0.15, 0.2) is 48.5 Å². The van der Waals surface area contributed by atoms with Gasteiger partial charge < -0.3 is 19.7 Å². The highest BCUT2D eigenvalue weighted by molar-refractivity contribution is 5.46. The SMILES string of the molecule is COc1ccc(C(CN(CCO)CCO)c2ccccc2)cc1OC. The molecule has 0 radical (unpaired) electrons. The molecule has 0 aliphatic heterocycles. The molecule has 1 unspecified atom stereocenters. The zero-order chi connectivity index (χ0) is 18.1. The molecule has 0 aromatic heterocycles. The van der Waals surface area contributed by atoms with Crippen molar-refractivity contribution >= 4 is 0 Å². The van der Waals surface area contributed by atoms with Gasteiger partial charge in [0.2, 0.25) is 0 Å². The van der Waals surface area contributed by atoms with Gasteiger partial charge in [0.05, 0.1) is 27.4 Å². The molecule has 0 fully saturated rings. The molecule has 2 aromatic rings. The van der Waals surface area contributed by atoms with E-state index < -0.39 is 0 Å². The van der Waals surface area contributed by atoms with Crippen molar-refractivity contribution in [2.75, 3.05) is 47.1 Å². The topological polar surface area (TPSA) is 62.2 Å². The third kappa shape index (κ3) is 5.19. The minimum atomic E-state index is 0.0629. The van der Waals surface area contributed by atoms with Gasteiger partial charge in [0.1, 0.15) is 0 Å². The molecule has 0 aliphatic rings. The standard InChI is InChI=1S/C20H27NO4/c1-24-19-9-8-17(14-20(19)25-2)18(16-6-4-3-5-7-16)15-21(10-12-22)11-13-23/h3-9,14,18,22-23H,10-13,15H2,1-2H3. The second kappa shape index (κ2) is 10.0. The monoisotopic (exact) mass is 345 g/mol. The predicted octanol–water partition coefficient (Wildman–Crippen LogP) is 2.12. The number of methoxy groups -OCH3 is 2. The fourth-order valence-corrected chi connectivity index (χ4v) is 2.99. The molecule has 0 aliphatic carbocycles. The molecule has 2 aromatic carbocycles. The summed E-state index contributed by atoms with van der Waals surface area (Å²) < 4.78 is 10.8. The number of aliphatic hydroxyl groups is 2. The van der Waals surface area contributed by atoms with Crippen LogP contribution in [0.2, 0.25) is 0 Å². The summed E-state index contributed by atoms with van der Waals surface area (Å²) in [5, 5.41) is 18.6. The molecular formula is C20H27NO4. The van der Waals surface area contributed by atoms with Crippen LogP contribution in [0, 0.1) is 0 Å². The predicted molar refractivity (Wildman–Crippen MR) is 98.4 cm³/mol. The van der Waals surface area contributed by atoms with E-state index >= 15 is 0 Å². The smallest absolute Gasteiger partial charge is 0.161 e. The molecule has 0 amide bonds. The van der Waals surface area contributed by atoms with Gasteiger partial charge in [-0.05, 0) is 23.3 Å². The van der Waals surface area contributed by atoms with E-state index in [1.54, 1.807) is 14.2 Å². The van der Waals surface area contributed by atoms with Crippen molar-refractivity contribution in [3.05, 3.63) is 59.7 Å². The molecule has 5 heteroatoms. The number of aliphatic hydroxyl groups excluding tert-OH is 2. The summed E-state index contributed by atoms with van der Waals surface area (Å²) in [6, 6.07) is 16.2. The van der Waals surface area contributed by atoms with E-state index in [-0.39, 0.29) is 19.1 Å². The van der Waals surface area contributed by atoms with E-state index in [1.807, 2.05) is 36.4 Å². The Bertz CT molecular complexity index is 627. The number of benzene rings is 2. The highest BCUT2D eigenvalue weighted by atomic mass is 16.5. The van der Waals surface area contributed by atoms with E-state index in [2.05, 4.69) is 17.0 Å². The lowest BCUT2D eigenvalue weighted by atomic mass is 9.90. The lowest BCUT2D eigenvalue weighted by Gasteiger charge is -2.27. The van der Waals surface area contributed by atoms with Crippen LogP contribution in [-0.2, 0) is 0 Å². The number of ether oxygens (including phenoxy) is 2. The Labute approximate surface area is 149 Å². The molecule has 1 atom stereocenters. The van der Waals surface area contributed by atoms with Crippen molar-refractivity contribution in [2.24, 2.45) is 0 Å². The zero-order valence-electron chi connectivity index (χ0n) is 14.9. The quantitative estimate of drug-likeness (QED) is 0.691. The van der Waals surface area contributed by atoms with Crippen molar-refractivity contribution in [2.45, 2.75) is 5.92 Å². The Kier molecular flexibility index (Phi) is 7.73. The zero-order valence-corrected chi connectivity index (χ0v) is 14.9. The van der Waals surface area contributed by atoms with Gasteiger partial charge in [0.15, 0.2) is 11.5 Å². The average Bonchev–Trinajstić information content (AvgIpc) is 2.66. The first-order valence-electron chi connectivity index (χ1n) is 8.44. The van der Waals surface area contributed by atoms with Gasteiger partial charge in [-0.25, -0.2) is 0 Å². The first kappa shape index (κ1) is 19.2. The molecule has 136 valence electrons. The lowest BCUT2D eigenvalue weighted by molar-refractivity contribution is 0.158. The van der Waals surface area contributed by atoms with E-state index in [0.29, 0.717) is 31.1 Å². The van der Waals surface area contributed by atoms with Crippen molar-refractivity contribution in [1.82, 2.24) is 4.90 Å². The molecule has 0 saturated heterocycles. The van der Waals surface area contributed by atoms with E-state index in [4.69, 9.17) is 9.47 Å². The van der Waals surface area contributed by atoms with Gasteiger partial charge in [-0.3, -0.25) is 4.90 Å². The van der Waals surface area contributed by atoms with Crippen LogP contribution in [0.25, 0.3) is 0 Å². The Hall–Kier alpha value is -2.08. The maximum Gasteiger partial charge on any atom is 0.161 e. The minimum Gasteiger partial charge on any atom is -0.493 e. The summed E-state index contributed by atoms with van der Waals surface area (Å²) in [6.45, 7) is 1.87. The summed E-state index contributed by atoms with van der Waals surface area (Å²) in [5.41, 5.74) is 2.28. The minimum absolute atomic E-state index is 0.0629. The molecule has 2 rings (SSSR count). The van der Waals surface area contributed by atoms with Crippen LogP contribution in [0.1, 0.15) is 17.0 Å². The highest BCUT2D eigenvalue weighted by Crippen LogP contribution is 2.33. The van der Waals surface area contributed by atoms with Crippen LogP contribution in [-0.4, -0.2) is 62.2 Å². The van der Waals surface area contributed by atoms with E-state index in [9.17, 15) is 10.2 Å². The lowest BCUT2D eigenvalue weighted by Crippen LogP contribution is -2.34. The third-order valence-electron chi connectivity index (χ3n) is 4.29. The summed E-state index contributed by atoms with van der Waals surface area (Å²) in [4.78, 5) is 2.06. The maximum absolute atomic E-state index is 9.31. The summed E-state index contributed by atoms with van der Waals surface area (Å²) in [5.74, 6) is 1.48. The van der Waals surface area contributed by atoms with Gasteiger partial charge in [-0.1, -0.05) is 36.4 Å². The van der Waals surface area contributed by atoms with Crippen LogP contribution in [0.3, 0.4) is 0 Å². The van der Waals surface area contributed by atoms with E-state index in [1.165, 1.54) is 5.56 Å². The molecule has 0 spiro atoms. The largest absolute Gasteiger partial charge is 0.493 e. The van der Waals surface area contributed by atoms with E-state index in [0.717, 1.165) is 5.56 Å². The Morgan fingerprint density at radius 2 is 1.48 bits per heavy atom. The second-order valence-electron chi connectivity index (χ2n) is 5.83. The van der Waals surface area contributed by atoms with Gasteiger partial charge in [-0.2, -0.15) is 0 Å². The van der Waals surface area contributed by atoms with Crippen molar-refractivity contribution in [3.63, 3.8) is 0 Å². The first-order valence-corrected chi connectivity index (χ1v) is 8.44. The van der Waals surface area contributed by atoms with Gasteiger partial charge in [0, 0.05) is 25.6 Å². The maximum atomic E-state index is 9.31. The van der Waals surface area contributed by atoms with Gasteiger partial charge in [-0.15, -0.1) is 0 Å². The molecular weight excluding hydrogens is 318 g/mol. The number of rotatable bonds is 10. The normalized spacial score (nSPS) is 12.2. The summed E-state index contributed by atoms with van der Waals surface area (Å²) in [7, 11) is 3.25. The Morgan fingerprint density at radius 1 is 0.840 bits per heavy atom. The number of hydrogen-bond donors (Lipinski definition) is 2. The fourth-order valence-electron chi connectivity index (χ4n) is 2.99. The molecule has 25 heavy (non-hydrogen) atoms. The van der Waals surface area contributed by atoms with Crippen molar-refractivity contribution in [3.8, 4) is 11.5 Å². The van der Waals surface area contributed by atoms with Crippen molar-refractivity contribution in [1.29, 1.82) is 0 Å². The van der Waals surface area contributed by atoms with Crippen LogP contribution < -0.4 is 9.47 Å². The molecule has 5 nitrogen and oxygen atoms in total. The third-order valence-corrected chi connectivity index (χ3v) is 4.29. The number of nitrogens with zero attached hydrogens (tertiary/aromatic N) is 1. The second-order valence-corrected chi connectivity index (χ2v) is 5.83. The fraction of sp³-hybridized carbons (Fsp3) is 0.400. The first-order chi connectivity index (χ1) is 12.2. The Morgan fingerprint density at radius 3 is 2.04 bits per heavy atom. The summed E-state index contributed by atoms with van der Waals surface area (Å²) in [6.07, 6.45) is 0. The van der Waals surface area contributed by atoms with Crippen molar-refractivity contribution < 1.29 is 19.7 Å². The Balaban J connectivity index is 2.37. The highest BCUT2D eigenvalue weighted by Gasteiger charge is 2.19. The number of hydrogen-bond acceptors (Lipinski definition) is 5. The molecule has 0 saturated carbocycles. The average molecular weight is 345 g/mol. The van der Waals surface area contributed by atoms with Gasteiger partial charge in [0.25, 0.3) is 0 Å².